The predicted molar refractivity (Wildman–Crippen MR) is 97.1 cm³/mol. The summed E-state index contributed by atoms with van der Waals surface area (Å²) in [6.45, 7) is 7.60. The first-order valence-electron chi connectivity index (χ1n) is 8.55. The fourth-order valence-electron chi connectivity index (χ4n) is 2.73. The van der Waals surface area contributed by atoms with Gasteiger partial charge in [0.15, 0.2) is 0 Å². The predicted octanol–water partition coefficient (Wildman–Crippen LogP) is 4.10. The molecule has 1 amide bonds. The second kappa shape index (κ2) is 10.6. The summed E-state index contributed by atoms with van der Waals surface area (Å²) in [7, 11) is 1.35. The van der Waals surface area contributed by atoms with Gasteiger partial charge in [0, 0.05) is 5.56 Å². The van der Waals surface area contributed by atoms with Gasteiger partial charge in [-0.2, -0.15) is 0 Å². The topological polar surface area (TPSA) is 55.4 Å². The second-order valence-electron chi connectivity index (χ2n) is 6.21. The Hall–Kier alpha value is -2.10. The summed E-state index contributed by atoms with van der Waals surface area (Å²) in [6, 6.07) is 5.07. The summed E-state index contributed by atoms with van der Waals surface area (Å²) < 4.78 is 4.83. The highest BCUT2D eigenvalue weighted by Gasteiger charge is 2.21. The summed E-state index contributed by atoms with van der Waals surface area (Å²) >= 11 is 0. The summed E-state index contributed by atoms with van der Waals surface area (Å²) in [6.07, 6.45) is 7.65. The van der Waals surface area contributed by atoms with Crippen LogP contribution in [0.15, 0.2) is 30.9 Å². The van der Waals surface area contributed by atoms with E-state index in [0.717, 1.165) is 43.2 Å². The Morgan fingerprint density at radius 1 is 1.12 bits per heavy atom. The molecule has 24 heavy (non-hydrogen) atoms. The monoisotopic (exact) mass is 331 g/mol. The molecule has 0 saturated heterocycles. The number of hydrogen-bond acceptors (Lipinski definition) is 3. The van der Waals surface area contributed by atoms with E-state index in [1.54, 1.807) is 0 Å². The SMILES string of the molecule is C=CCCCCCC[C@H](NC(=O)c1cc(C)cc(C)c1)C(=O)OC. The summed E-state index contributed by atoms with van der Waals surface area (Å²) in [5.41, 5.74) is 2.63. The van der Waals surface area contributed by atoms with Crippen molar-refractivity contribution in [2.24, 2.45) is 0 Å². The molecule has 0 aliphatic heterocycles. The zero-order chi connectivity index (χ0) is 17.9. The highest BCUT2D eigenvalue weighted by molar-refractivity contribution is 5.97. The van der Waals surface area contributed by atoms with Crippen LogP contribution in [0.5, 0.6) is 0 Å². The van der Waals surface area contributed by atoms with Gasteiger partial charge in [-0.3, -0.25) is 4.79 Å². The Balaban J connectivity index is 2.60. The Labute approximate surface area is 145 Å². The van der Waals surface area contributed by atoms with E-state index in [2.05, 4.69) is 11.9 Å². The van der Waals surface area contributed by atoms with Gasteiger partial charge in [-0.05, 0) is 45.2 Å². The van der Waals surface area contributed by atoms with Crippen molar-refractivity contribution in [3.8, 4) is 0 Å². The molecule has 1 aromatic rings. The molecule has 1 N–H and O–H groups in total. The van der Waals surface area contributed by atoms with Crippen molar-refractivity contribution in [2.75, 3.05) is 7.11 Å². The van der Waals surface area contributed by atoms with E-state index in [4.69, 9.17) is 4.74 Å². The van der Waals surface area contributed by atoms with Gasteiger partial charge >= 0.3 is 5.97 Å². The number of benzene rings is 1. The number of esters is 1. The summed E-state index contributed by atoms with van der Waals surface area (Å²) in [5, 5.41) is 2.81. The number of allylic oxidation sites excluding steroid dienone is 1. The maximum Gasteiger partial charge on any atom is 0.328 e. The lowest BCUT2D eigenvalue weighted by molar-refractivity contribution is -0.143. The van der Waals surface area contributed by atoms with Gasteiger partial charge in [0.05, 0.1) is 7.11 Å². The number of rotatable bonds is 10. The van der Waals surface area contributed by atoms with Gasteiger partial charge in [-0.25, -0.2) is 4.79 Å². The van der Waals surface area contributed by atoms with Crippen LogP contribution in [-0.4, -0.2) is 25.0 Å². The molecule has 0 spiro atoms. The molecule has 0 bridgehead atoms. The molecule has 1 aromatic carbocycles. The zero-order valence-electron chi connectivity index (χ0n) is 15.1. The van der Waals surface area contributed by atoms with E-state index in [-0.39, 0.29) is 11.9 Å². The van der Waals surface area contributed by atoms with Gasteiger partial charge in [0.1, 0.15) is 6.04 Å². The van der Waals surface area contributed by atoms with Crippen LogP contribution < -0.4 is 5.32 Å². The van der Waals surface area contributed by atoms with Crippen molar-refractivity contribution in [3.63, 3.8) is 0 Å². The molecule has 0 saturated carbocycles. The fourth-order valence-corrected chi connectivity index (χ4v) is 2.73. The standard InChI is InChI=1S/C20H29NO3/c1-5-6-7-8-9-10-11-18(20(23)24-4)21-19(22)17-13-15(2)12-16(3)14-17/h5,12-14,18H,1,6-11H2,2-4H3,(H,21,22)/t18-/m0/s1. The zero-order valence-corrected chi connectivity index (χ0v) is 15.1. The van der Waals surface area contributed by atoms with Gasteiger partial charge < -0.3 is 10.1 Å². The fraction of sp³-hybridized carbons (Fsp3) is 0.500. The number of methoxy groups -OCH3 is 1. The third kappa shape index (κ3) is 6.99. The molecule has 0 aromatic heterocycles. The third-order valence-corrected chi connectivity index (χ3v) is 3.93. The number of hydrogen-bond donors (Lipinski definition) is 1. The normalized spacial score (nSPS) is 11.6. The molecule has 4 heteroatoms. The van der Waals surface area contributed by atoms with E-state index >= 15 is 0 Å². The van der Waals surface area contributed by atoms with Crippen LogP contribution in [0.3, 0.4) is 0 Å². The molecule has 0 aliphatic carbocycles. The largest absolute Gasteiger partial charge is 0.467 e. The van der Waals surface area contributed by atoms with E-state index in [0.29, 0.717) is 12.0 Å². The molecule has 132 valence electrons. The van der Waals surface area contributed by atoms with Crippen LogP contribution in [0.2, 0.25) is 0 Å². The maximum atomic E-state index is 12.4. The number of ether oxygens (including phenoxy) is 1. The van der Waals surface area contributed by atoms with Crippen LogP contribution in [0.4, 0.5) is 0 Å². The van der Waals surface area contributed by atoms with E-state index in [9.17, 15) is 9.59 Å². The molecular formula is C20H29NO3. The van der Waals surface area contributed by atoms with Crippen LogP contribution >= 0.6 is 0 Å². The number of amides is 1. The van der Waals surface area contributed by atoms with Crippen molar-refractivity contribution in [2.45, 2.75) is 58.4 Å². The molecule has 0 aliphatic rings. The van der Waals surface area contributed by atoms with Crippen LogP contribution in [0.25, 0.3) is 0 Å². The van der Waals surface area contributed by atoms with Crippen molar-refractivity contribution >= 4 is 11.9 Å². The number of carbonyl (C=O) groups excluding carboxylic acids is 2. The first-order chi connectivity index (χ1) is 11.5. The minimum atomic E-state index is -0.595. The minimum Gasteiger partial charge on any atom is -0.467 e. The lowest BCUT2D eigenvalue weighted by Gasteiger charge is -2.17. The van der Waals surface area contributed by atoms with Crippen molar-refractivity contribution < 1.29 is 14.3 Å². The van der Waals surface area contributed by atoms with Crippen LogP contribution in [0, 0.1) is 13.8 Å². The van der Waals surface area contributed by atoms with E-state index < -0.39 is 6.04 Å². The third-order valence-electron chi connectivity index (χ3n) is 3.93. The molecule has 0 heterocycles. The first-order valence-corrected chi connectivity index (χ1v) is 8.55. The quantitative estimate of drug-likeness (QED) is 0.399. The van der Waals surface area contributed by atoms with Gasteiger partial charge in [0.2, 0.25) is 0 Å². The number of aryl methyl sites for hydroxylation is 2. The van der Waals surface area contributed by atoms with Crippen LogP contribution in [0.1, 0.15) is 60.0 Å². The van der Waals surface area contributed by atoms with Crippen molar-refractivity contribution in [3.05, 3.63) is 47.5 Å². The Bertz CT molecular complexity index is 546. The first kappa shape index (κ1) is 19.9. The Morgan fingerprint density at radius 3 is 2.33 bits per heavy atom. The van der Waals surface area contributed by atoms with Crippen LogP contribution in [-0.2, 0) is 9.53 Å². The second-order valence-corrected chi connectivity index (χ2v) is 6.21. The highest BCUT2D eigenvalue weighted by Crippen LogP contribution is 2.12. The lowest BCUT2D eigenvalue weighted by atomic mass is 10.0. The minimum absolute atomic E-state index is 0.233. The van der Waals surface area contributed by atoms with E-state index in [1.807, 2.05) is 38.1 Å². The average Bonchev–Trinajstić information content (AvgIpc) is 2.55. The summed E-state index contributed by atoms with van der Waals surface area (Å²) in [5.74, 6) is -0.623. The van der Waals surface area contributed by atoms with Gasteiger partial charge in [-0.15, -0.1) is 6.58 Å². The molecule has 1 rings (SSSR count). The highest BCUT2D eigenvalue weighted by atomic mass is 16.5. The lowest BCUT2D eigenvalue weighted by Crippen LogP contribution is -2.41. The van der Waals surface area contributed by atoms with Gasteiger partial charge in [-0.1, -0.05) is 42.5 Å². The maximum absolute atomic E-state index is 12.4. The number of nitrogens with one attached hydrogen (secondary N) is 1. The Kier molecular flexibility index (Phi) is 8.84. The van der Waals surface area contributed by atoms with Crippen molar-refractivity contribution in [1.29, 1.82) is 0 Å². The Morgan fingerprint density at radius 2 is 1.75 bits per heavy atom. The molecule has 4 nitrogen and oxygen atoms in total. The van der Waals surface area contributed by atoms with E-state index in [1.165, 1.54) is 7.11 Å². The number of unbranched alkanes of at least 4 members (excludes halogenated alkanes) is 4. The molecule has 0 radical (unpaired) electrons. The smallest absolute Gasteiger partial charge is 0.328 e. The molecule has 0 fully saturated rings. The van der Waals surface area contributed by atoms with Crippen molar-refractivity contribution in [1.82, 2.24) is 5.32 Å². The average molecular weight is 331 g/mol. The summed E-state index contributed by atoms with van der Waals surface area (Å²) in [4.78, 5) is 24.4. The number of carbonyl (C=O) groups is 2. The molecular weight excluding hydrogens is 302 g/mol. The van der Waals surface area contributed by atoms with Gasteiger partial charge in [0.25, 0.3) is 5.91 Å². The molecule has 0 unspecified atom stereocenters. The molecule has 1 atom stereocenters.